The van der Waals surface area contributed by atoms with Gasteiger partial charge in [-0.2, -0.15) is 11.8 Å². The molecule has 1 atom stereocenters. The zero-order chi connectivity index (χ0) is 16.5. The first kappa shape index (κ1) is 18.0. The van der Waals surface area contributed by atoms with Gasteiger partial charge >= 0.3 is 5.97 Å². The van der Waals surface area contributed by atoms with Crippen molar-refractivity contribution in [2.75, 3.05) is 24.4 Å². The number of carbonyl (C=O) groups excluding carboxylic acids is 3. The fourth-order valence-corrected chi connectivity index (χ4v) is 2.28. The van der Waals surface area contributed by atoms with Gasteiger partial charge in [-0.3, -0.25) is 9.59 Å². The van der Waals surface area contributed by atoms with E-state index in [1.807, 2.05) is 6.26 Å². The first-order valence-electron chi connectivity index (χ1n) is 6.73. The Balaban J connectivity index is 2.80. The average Bonchev–Trinajstić information content (AvgIpc) is 2.50. The number of amides is 2. The van der Waals surface area contributed by atoms with E-state index in [9.17, 15) is 14.4 Å². The predicted octanol–water partition coefficient (Wildman–Crippen LogP) is 1.67. The molecule has 1 aromatic carbocycles. The van der Waals surface area contributed by atoms with Crippen LogP contribution in [0, 0.1) is 0 Å². The van der Waals surface area contributed by atoms with Gasteiger partial charge < -0.3 is 15.4 Å². The Hall–Kier alpha value is -2.02. The van der Waals surface area contributed by atoms with Gasteiger partial charge in [0.05, 0.1) is 7.11 Å². The van der Waals surface area contributed by atoms with E-state index in [-0.39, 0.29) is 11.8 Å². The highest BCUT2D eigenvalue weighted by atomic mass is 32.2. The summed E-state index contributed by atoms with van der Waals surface area (Å²) in [5, 5.41) is 5.27. The number of ether oxygens (including phenoxy) is 1. The lowest BCUT2D eigenvalue weighted by Crippen LogP contribution is -2.41. The van der Waals surface area contributed by atoms with Crippen LogP contribution >= 0.6 is 11.8 Å². The van der Waals surface area contributed by atoms with Crippen LogP contribution in [-0.4, -0.2) is 42.9 Å². The van der Waals surface area contributed by atoms with Gasteiger partial charge in [-0.1, -0.05) is 6.07 Å². The van der Waals surface area contributed by atoms with Crippen LogP contribution in [0.5, 0.6) is 0 Å². The number of methoxy groups -OCH3 is 1. The second-order valence-corrected chi connectivity index (χ2v) is 5.58. The number of carbonyl (C=O) groups is 3. The first-order chi connectivity index (χ1) is 10.5. The lowest BCUT2D eigenvalue weighted by Gasteiger charge is -2.16. The fourth-order valence-electron chi connectivity index (χ4n) is 1.81. The molecule has 0 saturated carbocycles. The van der Waals surface area contributed by atoms with E-state index in [0.717, 1.165) is 5.75 Å². The normalized spacial score (nSPS) is 11.4. The Morgan fingerprint density at radius 1 is 1.32 bits per heavy atom. The summed E-state index contributed by atoms with van der Waals surface area (Å²) in [6.07, 6.45) is 2.41. The molecule has 0 bridgehead atoms. The van der Waals surface area contributed by atoms with Crippen molar-refractivity contribution < 1.29 is 19.1 Å². The summed E-state index contributed by atoms with van der Waals surface area (Å²) >= 11 is 1.58. The summed E-state index contributed by atoms with van der Waals surface area (Å²) in [7, 11) is 1.29. The molecule has 1 aromatic rings. The number of benzene rings is 1. The van der Waals surface area contributed by atoms with Gasteiger partial charge in [0.2, 0.25) is 5.91 Å². The van der Waals surface area contributed by atoms with Crippen molar-refractivity contribution in [3.05, 3.63) is 29.8 Å². The maximum Gasteiger partial charge on any atom is 0.328 e. The lowest BCUT2D eigenvalue weighted by atomic mass is 10.1. The topological polar surface area (TPSA) is 84.5 Å². The smallest absolute Gasteiger partial charge is 0.328 e. The highest BCUT2D eigenvalue weighted by Crippen LogP contribution is 2.11. The van der Waals surface area contributed by atoms with E-state index in [2.05, 4.69) is 10.6 Å². The van der Waals surface area contributed by atoms with E-state index in [4.69, 9.17) is 4.74 Å². The molecule has 0 spiro atoms. The van der Waals surface area contributed by atoms with Gasteiger partial charge in [0.15, 0.2) is 0 Å². The molecule has 0 aliphatic rings. The summed E-state index contributed by atoms with van der Waals surface area (Å²) in [5.74, 6) is -0.347. The minimum atomic E-state index is -0.686. The monoisotopic (exact) mass is 324 g/mol. The van der Waals surface area contributed by atoms with Crippen LogP contribution in [-0.2, 0) is 14.3 Å². The van der Waals surface area contributed by atoms with Gasteiger partial charge in [-0.05, 0) is 36.6 Å². The SMILES string of the molecule is COC(=O)C(CCSC)NC(=O)c1cccc(NC(C)=O)c1. The summed E-state index contributed by atoms with van der Waals surface area (Å²) < 4.78 is 4.70. The summed E-state index contributed by atoms with van der Waals surface area (Å²) in [4.78, 5) is 35.0. The molecule has 0 aliphatic carbocycles. The van der Waals surface area contributed by atoms with E-state index < -0.39 is 12.0 Å². The second kappa shape index (κ2) is 9.09. The van der Waals surface area contributed by atoms with Crippen LogP contribution < -0.4 is 10.6 Å². The second-order valence-electron chi connectivity index (χ2n) is 4.59. The maximum absolute atomic E-state index is 12.2. The third-order valence-electron chi connectivity index (χ3n) is 2.85. The van der Waals surface area contributed by atoms with E-state index in [1.54, 1.807) is 36.0 Å². The van der Waals surface area contributed by atoms with Crippen LogP contribution in [0.4, 0.5) is 5.69 Å². The Labute approximate surface area is 134 Å². The molecule has 1 rings (SSSR count). The molecular formula is C15H20N2O4S. The van der Waals surface area contributed by atoms with Crippen molar-refractivity contribution in [1.82, 2.24) is 5.32 Å². The molecule has 1 unspecified atom stereocenters. The summed E-state index contributed by atoms with van der Waals surface area (Å²) in [6.45, 7) is 1.39. The first-order valence-corrected chi connectivity index (χ1v) is 8.12. The molecule has 120 valence electrons. The number of nitrogens with one attached hydrogen (secondary N) is 2. The van der Waals surface area contributed by atoms with Gasteiger partial charge in [-0.15, -0.1) is 0 Å². The van der Waals surface area contributed by atoms with Crippen LogP contribution in [0.3, 0.4) is 0 Å². The third kappa shape index (κ3) is 5.77. The van der Waals surface area contributed by atoms with Gasteiger partial charge in [0, 0.05) is 18.2 Å². The van der Waals surface area contributed by atoms with E-state index >= 15 is 0 Å². The summed E-state index contributed by atoms with van der Waals surface area (Å²) in [5.41, 5.74) is 0.892. The molecule has 0 saturated heterocycles. The average molecular weight is 324 g/mol. The predicted molar refractivity (Wildman–Crippen MR) is 87.0 cm³/mol. The number of anilines is 1. The van der Waals surface area contributed by atoms with Gasteiger partial charge in [-0.25, -0.2) is 4.79 Å². The number of thioether (sulfide) groups is 1. The largest absolute Gasteiger partial charge is 0.467 e. The molecule has 0 radical (unpaired) electrons. The Bertz CT molecular complexity index is 548. The molecule has 2 amide bonds. The van der Waals surface area contributed by atoms with E-state index in [0.29, 0.717) is 17.7 Å². The number of hydrogen-bond donors (Lipinski definition) is 2. The molecule has 2 N–H and O–H groups in total. The van der Waals surface area contributed by atoms with Crippen molar-refractivity contribution in [2.24, 2.45) is 0 Å². The third-order valence-corrected chi connectivity index (χ3v) is 3.49. The van der Waals surface area contributed by atoms with Gasteiger partial charge in [0.25, 0.3) is 5.91 Å². The quantitative estimate of drug-likeness (QED) is 0.745. The molecule has 0 heterocycles. The van der Waals surface area contributed by atoms with E-state index in [1.165, 1.54) is 14.0 Å². The summed E-state index contributed by atoms with van der Waals surface area (Å²) in [6, 6.07) is 5.83. The highest BCUT2D eigenvalue weighted by Gasteiger charge is 2.21. The lowest BCUT2D eigenvalue weighted by molar-refractivity contribution is -0.142. The zero-order valence-corrected chi connectivity index (χ0v) is 13.7. The Morgan fingerprint density at radius 2 is 2.05 bits per heavy atom. The minimum absolute atomic E-state index is 0.218. The highest BCUT2D eigenvalue weighted by molar-refractivity contribution is 7.98. The zero-order valence-electron chi connectivity index (χ0n) is 12.8. The fraction of sp³-hybridized carbons (Fsp3) is 0.400. The van der Waals surface area contributed by atoms with Crippen molar-refractivity contribution in [3.8, 4) is 0 Å². The van der Waals surface area contributed by atoms with Gasteiger partial charge in [0.1, 0.15) is 6.04 Å². The molecule has 0 aliphatic heterocycles. The van der Waals surface area contributed by atoms with Crippen molar-refractivity contribution in [1.29, 1.82) is 0 Å². The van der Waals surface area contributed by atoms with Crippen molar-refractivity contribution in [3.63, 3.8) is 0 Å². The number of esters is 1. The molecule has 0 aromatic heterocycles. The van der Waals surface area contributed by atoms with Crippen LogP contribution in [0.15, 0.2) is 24.3 Å². The van der Waals surface area contributed by atoms with Crippen LogP contribution in [0.25, 0.3) is 0 Å². The molecule has 22 heavy (non-hydrogen) atoms. The van der Waals surface area contributed by atoms with Crippen LogP contribution in [0.2, 0.25) is 0 Å². The number of rotatable bonds is 7. The standard InChI is InChI=1S/C15H20N2O4S/c1-10(18)16-12-6-4-5-11(9-12)14(19)17-13(7-8-22-3)15(20)21-2/h4-6,9,13H,7-8H2,1-3H3,(H,16,18)(H,17,19). The number of hydrogen-bond acceptors (Lipinski definition) is 5. The van der Waals surface area contributed by atoms with Crippen LogP contribution in [0.1, 0.15) is 23.7 Å². The van der Waals surface area contributed by atoms with Crippen molar-refractivity contribution in [2.45, 2.75) is 19.4 Å². The maximum atomic E-state index is 12.2. The molecule has 7 heteroatoms. The molecule has 6 nitrogen and oxygen atoms in total. The Morgan fingerprint density at radius 3 is 2.64 bits per heavy atom. The minimum Gasteiger partial charge on any atom is -0.467 e. The van der Waals surface area contributed by atoms with Crippen molar-refractivity contribution >= 4 is 35.2 Å². The molecule has 0 fully saturated rings. The Kier molecular flexibility index (Phi) is 7.45. The molecular weight excluding hydrogens is 304 g/mol.